The molecular weight excluding hydrogens is 292 g/mol. The van der Waals surface area contributed by atoms with Gasteiger partial charge >= 0.3 is 12.0 Å². The van der Waals surface area contributed by atoms with Crippen LogP contribution < -0.4 is 16.0 Å². The van der Waals surface area contributed by atoms with E-state index in [1.807, 2.05) is 0 Å². The lowest BCUT2D eigenvalue weighted by Crippen LogP contribution is -2.37. The predicted molar refractivity (Wildman–Crippen MR) is 79.8 cm³/mol. The summed E-state index contributed by atoms with van der Waals surface area (Å²) in [6, 6.07) is 0.504. The number of nitrogens with one attached hydrogen (secondary N) is 3. The van der Waals surface area contributed by atoms with Crippen molar-refractivity contribution in [1.82, 2.24) is 20.9 Å². The molecule has 116 valence electrons. The Morgan fingerprint density at radius 2 is 2.05 bits per heavy atom. The lowest BCUT2D eigenvalue weighted by atomic mass is 10.4. The second kappa shape index (κ2) is 7.94. The number of carboxylic acids is 1. The Labute approximate surface area is 127 Å². The highest BCUT2D eigenvalue weighted by Crippen LogP contribution is 2.18. The van der Waals surface area contributed by atoms with E-state index in [1.165, 1.54) is 29.6 Å². The van der Waals surface area contributed by atoms with E-state index in [0.29, 0.717) is 30.6 Å². The van der Waals surface area contributed by atoms with E-state index in [0.717, 1.165) is 13.0 Å². The molecule has 0 aromatic carbocycles. The summed E-state index contributed by atoms with van der Waals surface area (Å²) >= 11 is 1.29. The summed E-state index contributed by atoms with van der Waals surface area (Å²) in [6.07, 6.45) is 4.00. The molecule has 0 radical (unpaired) electrons. The Balaban J connectivity index is 1.50. The molecule has 1 aliphatic carbocycles. The summed E-state index contributed by atoms with van der Waals surface area (Å²) in [5.74, 6) is -1.02. The van der Waals surface area contributed by atoms with Gasteiger partial charge in [0.2, 0.25) is 0 Å². The average Bonchev–Trinajstić information content (AvgIpc) is 3.14. The molecule has 1 aromatic rings. The summed E-state index contributed by atoms with van der Waals surface area (Å²) in [5, 5.41) is 19.9. The molecule has 0 saturated heterocycles. The van der Waals surface area contributed by atoms with Gasteiger partial charge in [0.15, 0.2) is 5.69 Å². The van der Waals surface area contributed by atoms with Crippen molar-refractivity contribution in [3.05, 3.63) is 16.1 Å². The van der Waals surface area contributed by atoms with Crippen LogP contribution in [0.5, 0.6) is 0 Å². The maximum atomic E-state index is 11.5. The second-order valence-electron chi connectivity index (χ2n) is 4.95. The number of aromatic nitrogens is 1. The van der Waals surface area contributed by atoms with Gasteiger partial charge in [0.25, 0.3) is 0 Å². The number of aromatic carboxylic acids is 1. The van der Waals surface area contributed by atoms with Gasteiger partial charge in [-0.05, 0) is 25.8 Å². The van der Waals surface area contributed by atoms with Gasteiger partial charge in [-0.15, -0.1) is 11.3 Å². The maximum absolute atomic E-state index is 11.5. The maximum Gasteiger partial charge on any atom is 0.355 e. The second-order valence-corrected chi connectivity index (χ2v) is 5.89. The summed E-state index contributed by atoms with van der Waals surface area (Å²) in [6.45, 7) is 2.02. The monoisotopic (exact) mass is 312 g/mol. The highest BCUT2D eigenvalue weighted by Gasteiger charge is 2.19. The normalized spacial score (nSPS) is 13.9. The van der Waals surface area contributed by atoms with E-state index >= 15 is 0 Å². The SMILES string of the molecule is O=C(NCCCNC1CC1)NCCc1nc(C(=O)O)cs1. The molecule has 2 amide bonds. The van der Waals surface area contributed by atoms with Crippen LogP contribution in [0, 0.1) is 0 Å². The van der Waals surface area contributed by atoms with Crippen LogP contribution in [0.4, 0.5) is 4.79 Å². The zero-order valence-corrected chi connectivity index (χ0v) is 12.5. The molecule has 1 heterocycles. The molecule has 0 spiro atoms. The van der Waals surface area contributed by atoms with Crippen LogP contribution in [-0.2, 0) is 6.42 Å². The average molecular weight is 312 g/mol. The largest absolute Gasteiger partial charge is 0.476 e. The molecule has 8 heteroatoms. The number of nitrogens with zero attached hydrogens (tertiary/aromatic N) is 1. The summed E-state index contributed by atoms with van der Waals surface area (Å²) in [7, 11) is 0. The van der Waals surface area contributed by atoms with Gasteiger partial charge in [-0.25, -0.2) is 14.6 Å². The Kier molecular flexibility index (Phi) is 5.94. The zero-order valence-electron chi connectivity index (χ0n) is 11.7. The quantitative estimate of drug-likeness (QED) is 0.506. The molecule has 0 aliphatic heterocycles. The molecule has 0 bridgehead atoms. The van der Waals surface area contributed by atoms with E-state index in [1.54, 1.807) is 0 Å². The smallest absolute Gasteiger partial charge is 0.355 e. The van der Waals surface area contributed by atoms with Gasteiger partial charge in [-0.2, -0.15) is 0 Å². The minimum Gasteiger partial charge on any atom is -0.476 e. The third kappa shape index (κ3) is 6.09. The molecular formula is C13H20N4O3S. The fourth-order valence-corrected chi connectivity index (χ4v) is 2.53. The van der Waals surface area contributed by atoms with Crippen LogP contribution in [-0.4, -0.2) is 47.8 Å². The number of thiazole rings is 1. The van der Waals surface area contributed by atoms with Gasteiger partial charge in [-0.3, -0.25) is 0 Å². The molecule has 1 fully saturated rings. The Morgan fingerprint density at radius 3 is 2.71 bits per heavy atom. The first-order valence-electron chi connectivity index (χ1n) is 7.08. The van der Waals surface area contributed by atoms with Crippen molar-refractivity contribution in [2.75, 3.05) is 19.6 Å². The minimum atomic E-state index is -1.02. The van der Waals surface area contributed by atoms with E-state index in [4.69, 9.17) is 5.11 Å². The molecule has 1 saturated carbocycles. The molecule has 1 aromatic heterocycles. The molecule has 1 aliphatic rings. The molecule has 7 nitrogen and oxygen atoms in total. The highest BCUT2D eigenvalue weighted by atomic mass is 32.1. The Bertz CT molecular complexity index is 488. The number of hydrogen-bond donors (Lipinski definition) is 4. The zero-order chi connectivity index (χ0) is 15.1. The number of hydrogen-bond acceptors (Lipinski definition) is 5. The molecule has 0 unspecified atom stereocenters. The van der Waals surface area contributed by atoms with E-state index < -0.39 is 5.97 Å². The van der Waals surface area contributed by atoms with Gasteiger partial charge in [-0.1, -0.05) is 0 Å². The van der Waals surface area contributed by atoms with Gasteiger partial charge in [0.05, 0.1) is 5.01 Å². The van der Waals surface area contributed by atoms with E-state index in [2.05, 4.69) is 20.9 Å². The van der Waals surface area contributed by atoms with Crippen LogP contribution in [0.1, 0.15) is 34.8 Å². The molecule has 21 heavy (non-hydrogen) atoms. The van der Waals surface area contributed by atoms with Gasteiger partial charge in [0.1, 0.15) is 0 Å². The Hall–Kier alpha value is -1.67. The van der Waals surface area contributed by atoms with Crippen molar-refractivity contribution >= 4 is 23.3 Å². The summed E-state index contributed by atoms with van der Waals surface area (Å²) < 4.78 is 0. The first kappa shape index (κ1) is 15.7. The van der Waals surface area contributed by atoms with E-state index in [-0.39, 0.29) is 11.7 Å². The molecule has 0 atom stereocenters. The van der Waals surface area contributed by atoms with Crippen LogP contribution in [0.15, 0.2) is 5.38 Å². The van der Waals surface area contributed by atoms with E-state index in [9.17, 15) is 9.59 Å². The van der Waals surface area contributed by atoms with Crippen molar-refractivity contribution in [3.8, 4) is 0 Å². The fraction of sp³-hybridized carbons (Fsp3) is 0.615. The van der Waals surface area contributed by atoms with Crippen molar-refractivity contribution in [3.63, 3.8) is 0 Å². The fourth-order valence-electron chi connectivity index (χ4n) is 1.75. The van der Waals surface area contributed by atoms with Crippen LogP contribution in [0.2, 0.25) is 0 Å². The van der Waals surface area contributed by atoms with Crippen LogP contribution in [0.3, 0.4) is 0 Å². The number of urea groups is 1. The number of carbonyl (C=O) groups is 2. The van der Waals surface area contributed by atoms with Gasteiger partial charge in [0, 0.05) is 30.9 Å². The first-order valence-corrected chi connectivity index (χ1v) is 7.96. The van der Waals surface area contributed by atoms with Crippen molar-refractivity contribution in [1.29, 1.82) is 0 Å². The number of carbonyl (C=O) groups excluding carboxylic acids is 1. The topological polar surface area (TPSA) is 103 Å². The number of carboxylic acid groups (broad SMARTS) is 1. The lowest BCUT2D eigenvalue weighted by molar-refractivity contribution is 0.0691. The molecule has 2 rings (SSSR count). The first-order chi connectivity index (χ1) is 10.1. The van der Waals surface area contributed by atoms with Gasteiger partial charge < -0.3 is 21.1 Å². The third-order valence-electron chi connectivity index (χ3n) is 3.04. The standard InChI is InChI=1S/C13H20N4O3S/c18-12(19)10-8-21-11(17-10)4-7-16-13(20)15-6-1-5-14-9-2-3-9/h8-9,14H,1-7H2,(H,18,19)(H2,15,16,20). The summed E-state index contributed by atoms with van der Waals surface area (Å²) in [5.41, 5.74) is 0.0580. The van der Waals surface area contributed by atoms with Crippen molar-refractivity contribution in [2.24, 2.45) is 0 Å². The summed E-state index contributed by atoms with van der Waals surface area (Å²) in [4.78, 5) is 26.1. The molecule has 4 N–H and O–H groups in total. The van der Waals surface area contributed by atoms with Crippen LogP contribution >= 0.6 is 11.3 Å². The predicted octanol–water partition coefficient (Wildman–Crippen LogP) is 0.825. The lowest BCUT2D eigenvalue weighted by Gasteiger charge is -2.07. The van der Waals surface area contributed by atoms with Crippen LogP contribution in [0.25, 0.3) is 0 Å². The Morgan fingerprint density at radius 1 is 1.29 bits per heavy atom. The number of amides is 2. The van der Waals surface area contributed by atoms with Crippen molar-refractivity contribution < 1.29 is 14.7 Å². The minimum absolute atomic E-state index is 0.0580. The third-order valence-corrected chi connectivity index (χ3v) is 3.95. The van der Waals surface area contributed by atoms with Crippen molar-refractivity contribution in [2.45, 2.75) is 31.7 Å². The highest BCUT2D eigenvalue weighted by molar-refractivity contribution is 7.09. The number of rotatable bonds is 9.